The lowest BCUT2D eigenvalue weighted by molar-refractivity contribution is 0.242. The van der Waals surface area contributed by atoms with Crippen molar-refractivity contribution in [1.82, 2.24) is 10.2 Å². The van der Waals surface area contributed by atoms with Gasteiger partial charge in [0.1, 0.15) is 0 Å². The molecule has 4 nitrogen and oxygen atoms in total. The average Bonchev–Trinajstić information content (AvgIpc) is 2.89. The summed E-state index contributed by atoms with van der Waals surface area (Å²) in [5.41, 5.74) is 2.61. The third-order valence-corrected chi connectivity index (χ3v) is 5.75. The van der Waals surface area contributed by atoms with Crippen molar-refractivity contribution >= 4 is 11.3 Å². The molecule has 0 saturated carbocycles. The van der Waals surface area contributed by atoms with E-state index in [1.165, 1.54) is 22.4 Å². The molecule has 1 aliphatic rings. The van der Waals surface area contributed by atoms with Crippen LogP contribution in [0.5, 0.6) is 11.5 Å². The Morgan fingerprint density at radius 2 is 1.88 bits per heavy atom. The quantitative estimate of drug-likeness (QED) is 0.786. The molecular weight excluding hydrogens is 344 g/mol. The predicted octanol–water partition coefficient (Wildman–Crippen LogP) is 4.24. The van der Waals surface area contributed by atoms with Crippen molar-refractivity contribution in [1.29, 1.82) is 0 Å². The van der Waals surface area contributed by atoms with E-state index in [1.807, 2.05) is 25.2 Å². The van der Waals surface area contributed by atoms with E-state index in [4.69, 9.17) is 9.47 Å². The van der Waals surface area contributed by atoms with E-state index >= 15 is 0 Å². The minimum absolute atomic E-state index is 0.267. The zero-order valence-electron chi connectivity index (χ0n) is 16.1. The Morgan fingerprint density at radius 3 is 2.62 bits per heavy atom. The minimum Gasteiger partial charge on any atom is -0.490 e. The van der Waals surface area contributed by atoms with Crippen LogP contribution < -0.4 is 14.8 Å². The van der Waals surface area contributed by atoms with Gasteiger partial charge in [0.25, 0.3) is 0 Å². The van der Waals surface area contributed by atoms with Crippen LogP contribution in [0.25, 0.3) is 0 Å². The Balaban J connectivity index is 1.98. The fourth-order valence-electron chi connectivity index (χ4n) is 3.51. The van der Waals surface area contributed by atoms with E-state index in [1.54, 1.807) is 0 Å². The molecule has 1 N–H and O–H groups in total. The average molecular weight is 375 g/mol. The number of hydrogen-bond donors (Lipinski definition) is 1. The SMILES string of the molecule is CCOc1ccc(C(c2cc(C)cs2)N2CCCNCC2)cc1OCC. The number of rotatable bonds is 7. The first-order valence-corrected chi connectivity index (χ1v) is 10.5. The number of nitrogens with zero attached hydrogens (tertiary/aromatic N) is 1. The molecule has 1 aliphatic heterocycles. The number of thiophene rings is 1. The minimum atomic E-state index is 0.267. The summed E-state index contributed by atoms with van der Waals surface area (Å²) in [5, 5.41) is 5.76. The molecule has 5 heteroatoms. The summed E-state index contributed by atoms with van der Waals surface area (Å²) < 4.78 is 11.6. The van der Waals surface area contributed by atoms with Crippen molar-refractivity contribution in [3.8, 4) is 11.5 Å². The lowest BCUT2D eigenvalue weighted by atomic mass is 10.0. The van der Waals surface area contributed by atoms with Gasteiger partial charge >= 0.3 is 0 Å². The Bertz CT molecular complexity index is 693. The van der Waals surface area contributed by atoms with E-state index < -0.39 is 0 Å². The van der Waals surface area contributed by atoms with E-state index in [-0.39, 0.29) is 6.04 Å². The highest BCUT2D eigenvalue weighted by atomic mass is 32.1. The normalized spacial score (nSPS) is 16.9. The number of ether oxygens (including phenoxy) is 2. The first-order valence-electron chi connectivity index (χ1n) is 9.62. The van der Waals surface area contributed by atoms with Gasteiger partial charge in [-0.2, -0.15) is 0 Å². The van der Waals surface area contributed by atoms with E-state index in [0.717, 1.165) is 37.7 Å². The smallest absolute Gasteiger partial charge is 0.161 e. The summed E-state index contributed by atoms with van der Waals surface area (Å²) in [4.78, 5) is 3.99. The van der Waals surface area contributed by atoms with Crippen LogP contribution in [0, 0.1) is 6.92 Å². The van der Waals surface area contributed by atoms with Crippen molar-refractivity contribution in [3.63, 3.8) is 0 Å². The van der Waals surface area contributed by atoms with Crippen LogP contribution in [0.3, 0.4) is 0 Å². The molecule has 1 saturated heterocycles. The number of hydrogen-bond acceptors (Lipinski definition) is 5. The lowest BCUT2D eigenvalue weighted by Gasteiger charge is -2.30. The molecule has 0 amide bonds. The maximum absolute atomic E-state index is 5.88. The third kappa shape index (κ3) is 4.58. The second-order valence-corrected chi connectivity index (χ2v) is 7.58. The topological polar surface area (TPSA) is 33.7 Å². The van der Waals surface area contributed by atoms with Crippen molar-refractivity contribution in [2.24, 2.45) is 0 Å². The van der Waals surface area contributed by atoms with Crippen molar-refractivity contribution in [2.75, 3.05) is 39.4 Å². The van der Waals surface area contributed by atoms with Crippen LogP contribution in [0.1, 0.15) is 42.3 Å². The van der Waals surface area contributed by atoms with Gasteiger partial charge in [-0.15, -0.1) is 11.3 Å². The van der Waals surface area contributed by atoms with E-state index in [9.17, 15) is 0 Å². The van der Waals surface area contributed by atoms with Crippen LogP contribution in [-0.4, -0.2) is 44.3 Å². The molecule has 26 heavy (non-hydrogen) atoms. The highest BCUT2D eigenvalue weighted by molar-refractivity contribution is 7.10. The van der Waals surface area contributed by atoms with Gasteiger partial charge in [0.2, 0.25) is 0 Å². The summed E-state index contributed by atoms with van der Waals surface area (Å²) in [7, 11) is 0. The molecule has 1 atom stereocenters. The Kier molecular flexibility index (Phi) is 6.94. The molecule has 1 aromatic heterocycles. The number of aryl methyl sites for hydroxylation is 1. The largest absolute Gasteiger partial charge is 0.490 e. The monoisotopic (exact) mass is 374 g/mol. The van der Waals surface area contributed by atoms with E-state index in [2.05, 4.69) is 46.8 Å². The summed E-state index contributed by atoms with van der Waals surface area (Å²) in [6, 6.07) is 9.03. The Hall–Kier alpha value is -1.56. The van der Waals surface area contributed by atoms with Gasteiger partial charge in [-0.05, 0) is 68.4 Å². The zero-order valence-corrected chi connectivity index (χ0v) is 16.9. The maximum Gasteiger partial charge on any atom is 0.161 e. The van der Waals surface area contributed by atoms with Crippen molar-refractivity contribution < 1.29 is 9.47 Å². The molecule has 0 bridgehead atoms. The molecule has 0 radical (unpaired) electrons. The van der Waals surface area contributed by atoms with Gasteiger partial charge in [-0.1, -0.05) is 6.07 Å². The van der Waals surface area contributed by atoms with Gasteiger partial charge in [-0.3, -0.25) is 4.90 Å². The summed E-state index contributed by atoms with van der Waals surface area (Å²) >= 11 is 1.85. The lowest BCUT2D eigenvalue weighted by Crippen LogP contribution is -2.32. The van der Waals surface area contributed by atoms with Gasteiger partial charge in [-0.25, -0.2) is 0 Å². The Morgan fingerprint density at radius 1 is 1.08 bits per heavy atom. The second-order valence-electron chi connectivity index (χ2n) is 6.64. The van der Waals surface area contributed by atoms with Crippen LogP contribution in [0.2, 0.25) is 0 Å². The molecule has 1 aromatic carbocycles. The molecule has 142 valence electrons. The third-order valence-electron chi connectivity index (χ3n) is 4.64. The van der Waals surface area contributed by atoms with Crippen molar-refractivity contribution in [3.05, 3.63) is 45.6 Å². The standard InChI is InChI=1S/C21H30N2O2S/c1-4-24-18-8-7-17(14-19(18)25-5-2)21(20-13-16(3)15-26-20)23-11-6-9-22-10-12-23/h7-8,13-15,21-22H,4-6,9-12H2,1-3H3. The van der Waals surface area contributed by atoms with Gasteiger partial charge in [0, 0.05) is 24.5 Å². The second kappa shape index (κ2) is 9.40. The Labute approximate surface area is 161 Å². The first-order chi connectivity index (χ1) is 12.7. The van der Waals surface area contributed by atoms with Crippen LogP contribution in [-0.2, 0) is 0 Å². The first kappa shape index (κ1) is 19.2. The highest BCUT2D eigenvalue weighted by Crippen LogP contribution is 2.38. The number of nitrogens with one attached hydrogen (secondary N) is 1. The van der Waals surface area contributed by atoms with Crippen molar-refractivity contribution in [2.45, 2.75) is 33.2 Å². The fourth-order valence-corrected chi connectivity index (χ4v) is 4.57. The van der Waals surface area contributed by atoms with Crippen LogP contribution in [0.15, 0.2) is 29.6 Å². The molecular formula is C21H30N2O2S. The highest BCUT2D eigenvalue weighted by Gasteiger charge is 2.25. The molecule has 1 fully saturated rings. The van der Waals surface area contributed by atoms with Gasteiger partial charge in [0.05, 0.1) is 19.3 Å². The molecule has 0 spiro atoms. The molecule has 1 unspecified atom stereocenters. The van der Waals surface area contributed by atoms with Gasteiger partial charge < -0.3 is 14.8 Å². The fraction of sp³-hybridized carbons (Fsp3) is 0.524. The predicted molar refractivity (Wildman–Crippen MR) is 109 cm³/mol. The van der Waals surface area contributed by atoms with Crippen LogP contribution >= 0.6 is 11.3 Å². The summed E-state index contributed by atoms with van der Waals surface area (Å²) in [5.74, 6) is 1.68. The zero-order chi connectivity index (χ0) is 18.4. The molecule has 2 aromatic rings. The maximum atomic E-state index is 5.88. The number of benzene rings is 1. The summed E-state index contributed by atoms with van der Waals surface area (Å²) in [6.45, 7) is 11.8. The van der Waals surface area contributed by atoms with E-state index in [0.29, 0.717) is 13.2 Å². The summed E-state index contributed by atoms with van der Waals surface area (Å²) in [6.07, 6.45) is 1.18. The molecule has 3 rings (SSSR count). The molecule has 2 heterocycles. The molecule has 0 aliphatic carbocycles. The van der Waals surface area contributed by atoms with Gasteiger partial charge in [0.15, 0.2) is 11.5 Å². The van der Waals surface area contributed by atoms with Crippen LogP contribution in [0.4, 0.5) is 0 Å².